The summed E-state index contributed by atoms with van der Waals surface area (Å²) in [6, 6.07) is 0.150. The predicted molar refractivity (Wildman–Crippen MR) is 77.0 cm³/mol. The van der Waals surface area contributed by atoms with Crippen molar-refractivity contribution in [2.24, 2.45) is 5.92 Å². The van der Waals surface area contributed by atoms with Crippen LogP contribution in [0.1, 0.15) is 39.5 Å². The number of piperidine rings is 2. The van der Waals surface area contributed by atoms with Gasteiger partial charge in [-0.3, -0.25) is 0 Å². The number of alkyl halides is 1. The lowest BCUT2D eigenvalue weighted by atomic mass is 10.0. The smallest absolute Gasteiger partial charge is 0.195 e. The van der Waals surface area contributed by atoms with E-state index in [0.29, 0.717) is 25.6 Å². The maximum absolute atomic E-state index is 12.6. The van der Waals surface area contributed by atoms with Crippen molar-refractivity contribution in [1.82, 2.24) is 8.61 Å². The Labute approximate surface area is 119 Å². The topological polar surface area (TPSA) is 40.6 Å². The summed E-state index contributed by atoms with van der Waals surface area (Å²) in [5.41, 5.74) is 0. The van der Waals surface area contributed by atoms with Gasteiger partial charge in [-0.2, -0.15) is 17.0 Å². The summed E-state index contributed by atoms with van der Waals surface area (Å²) >= 11 is 3.60. The highest BCUT2D eigenvalue weighted by atomic mass is 79.9. The molecule has 0 amide bonds. The molecule has 2 heterocycles. The Hall–Kier alpha value is 0.350. The normalized spacial score (nSPS) is 36.7. The lowest BCUT2D eigenvalue weighted by molar-refractivity contribution is 0.226. The molecule has 0 spiro atoms. The van der Waals surface area contributed by atoms with Crippen LogP contribution >= 0.6 is 15.9 Å². The third kappa shape index (κ3) is 2.92. The van der Waals surface area contributed by atoms with E-state index in [2.05, 4.69) is 22.9 Å². The molecule has 0 N–H and O–H groups in total. The second-order valence-corrected chi connectivity index (χ2v) is 8.66. The molecule has 3 unspecified atom stereocenters. The van der Waals surface area contributed by atoms with Gasteiger partial charge in [-0.25, -0.2) is 0 Å². The van der Waals surface area contributed by atoms with E-state index in [-0.39, 0.29) is 10.9 Å². The third-order valence-corrected chi connectivity index (χ3v) is 7.51. The quantitative estimate of drug-likeness (QED) is 0.724. The van der Waals surface area contributed by atoms with Crippen molar-refractivity contribution in [3.05, 3.63) is 0 Å². The summed E-state index contributed by atoms with van der Waals surface area (Å²) in [4.78, 5) is 0.279. The molecule has 0 bridgehead atoms. The van der Waals surface area contributed by atoms with Gasteiger partial charge in [0.25, 0.3) is 10.2 Å². The Morgan fingerprint density at radius 2 is 1.83 bits per heavy atom. The van der Waals surface area contributed by atoms with Gasteiger partial charge in [0, 0.05) is 30.5 Å². The number of hydrogen-bond acceptors (Lipinski definition) is 2. The second kappa shape index (κ2) is 5.77. The van der Waals surface area contributed by atoms with Crippen LogP contribution in [0.4, 0.5) is 0 Å². The summed E-state index contributed by atoms with van der Waals surface area (Å²) in [5, 5.41) is 0. The summed E-state index contributed by atoms with van der Waals surface area (Å²) in [7, 11) is -3.25. The lowest BCUT2D eigenvalue weighted by Gasteiger charge is -2.40. The van der Waals surface area contributed by atoms with Gasteiger partial charge in [0.05, 0.1) is 0 Å². The van der Waals surface area contributed by atoms with Crippen molar-refractivity contribution in [2.45, 2.75) is 50.4 Å². The third-order valence-electron chi connectivity index (χ3n) is 4.19. The van der Waals surface area contributed by atoms with Gasteiger partial charge in [-0.1, -0.05) is 29.3 Å². The lowest BCUT2D eigenvalue weighted by Crippen LogP contribution is -2.53. The molecule has 3 atom stereocenters. The number of halogens is 1. The fourth-order valence-corrected chi connectivity index (χ4v) is 5.47. The fourth-order valence-electron chi connectivity index (χ4n) is 2.77. The molecule has 0 aromatic heterocycles. The zero-order chi connectivity index (χ0) is 13.3. The Morgan fingerprint density at radius 1 is 1.11 bits per heavy atom. The van der Waals surface area contributed by atoms with Crippen molar-refractivity contribution < 1.29 is 8.42 Å². The van der Waals surface area contributed by atoms with Crippen molar-refractivity contribution in [2.75, 3.05) is 19.6 Å². The van der Waals surface area contributed by atoms with Crippen LogP contribution in [0.25, 0.3) is 0 Å². The molecule has 4 nitrogen and oxygen atoms in total. The molecule has 0 aromatic rings. The summed E-state index contributed by atoms with van der Waals surface area (Å²) < 4.78 is 28.6. The molecule has 106 valence electrons. The minimum absolute atomic E-state index is 0.150. The van der Waals surface area contributed by atoms with Crippen LogP contribution in [-0.4, -0.2) is 47.5 Å². The molecule has 6 heteroatoms. The van der Waals surface area contributed by atoms with E-state index >= 15 is 0 Å². The molecule has 0 aliphatic carbocycles. The first kappa shape index (κ1) is 14.8. The SMILES string of the molecule is CC1CCN(S(=O)(=O)N2CCCCC2C)CC1Br. The molecule has 2 fully saturated rings. The van der Waals surface area contributed by atoms with Crippen LogP contribution in [0.3, 0.4) is 0 Å². The van der Waals surface area contributed by atoms with Crippen LogP contribution in [-0.2, 0) is 10.2 Å². The highest BCUT2D eigenvalue weighted by Crippen LogP contribution is 2.28. The Bertz CT molecular complexity index is 388. The highest BCUT2D eigenvalue weighted by molar-refractivity contribution is 9.09. The van der Waals surface area contributed by atoms with Crippen molar-refractivity contribution in [1.29, 1.82) is 0 Å². The second-order valence-electron chi connectivity index (χ2n) is 5.60. The van der Waals surface area contributed by atoms with Crippen LogP contribution in [0.15, 0.2) is 0 Å². The summed E-state index contributed by atoms with van der Waals surface area (Å²) in [6.07, 6.45) is 4.06. The predicted octanol–water partition coefficient (Wildman–Crippen LogP) is 2.21. The van der Waals surface area contributed by atoms with Gasteiger partial charge in [-0.15, -0.1) is 0 Å². The Morgan fingerprint density at radius 3 is 2.44 bits per heavy atom. The molecule has 18 heavy (non-hydrogen) atoms. The first-order valence-electron chi connectivity index (χ1n) is 6.84. The van der Waals surface area contributed by atoms with E-state index in [4.69, 9.17) is 0 Å². The van der Waals surface area contributed by atoms with Crippen LogP contribution in [0.5, 0.6) is 0 Å². The van der Waals surface area contributed by atoms with Gasteiger partial charge < -0.3 is 0 Å². The van der Waals surface area contributed by atoms with E-state index in [0.717, 1.165) is 25.7 Å². The van der Waals surface area contributed by atoms with Gasteiger partial charge >= 0.3 is 0 Å². The van der Waals surface area contributed by atoms with Gasteiger partial charge in [-0.05, 0) is 32.1 Å². The molecule has 2 saturated heterocycles. The molecule has 2 aliphatic heterocycles. The first-order valence-corrected chi connectivity index (χ1v) is 9.15. The average molecular weight is 339 g/mol. The highest BCUT2D eigenvalue weighted by Gasteiger charge is 2.38. The van der Waals surface area contributed by atoms with Crippen LogP contribution in [0.2, 0.25) is 0 Å². The molecule has 0 aromatic carbocycles. The largest absolute Gasteiger partial charge is 0.282 e. The van der Waals surface area contributed by atoms with E-state index < -0.39 is 10.2 Å². The molecule has 2 rings (SSSR count). The van der Waals surface area contributed by atoms with Crippen molar-refractivity contribution in [3.8, 4) is 0 Å². The first-order chi connectivity index (χ1) is 8.43. The minimum atomic E-state index is -3.25. The van der Waals surface area contributed by atoms with Gasteiger partial charge in [0.2, 0.25) is 0 Å². The number of nitrogens with zero attached hydrogens (tertiary/aromatic N) is 2. The zero-order valence-electron chi connectivity index (χ0n) is 11.2. The van der Waals surface area contributed by atoms with E-state index in [1.165, 1.54) is 0 Å². The van der Waals surface area contributed by atoms with E-state index in [1.807, 2.05) is 6.92 Å². The maximum atomic E-state index is 12.6. The maximum Gasteiger partial charge on any atom is 0.282 e. The molecule has 0 saturated carbocycles. The standard InChI is InChI=1S/C12H23BrN2O2S/c1-10-6-8-14(9-12(10)13)18(16,17)15-7-4-3-5-11(15)2/h10-12H,3-9H2,1-2H3. The number of hydrogen-bond donors (Lipinski definition) is 0. The Balaban J connectivity index is 2.10. The average Bonchev–Trinajstić information content (AvgIpc) is 2.33. The van der Waals surface area contributed by atoms with Gasteiger partial charge in [0.15, 0.2) is 0 Å². The van der Waals surface area contributed by atoms with E-state index in [9.17, 15) is 8.42 Å². The Kier molecular flexibility index (Phi) is 4.73. The van der Waals surface area contributed by atoms with Crippen molar-refractivity contribution >= 4 is 26.1 Å². The van der Waals surface area contributed by atoms with E-state index in [1.54, 1.807) is 8.61 Å². The fraction of sp³-hybridized carbons (Fsp3) is 1.00. The monoisotopic (exact) mass is 338 g/mol. The summed E-state index contributed by atoms with van der Waals surface area (Å²) in [5.74, 6) is 0.551. The summed E-state index contributed by atoms with van der Waals surface area (Å²) in [6.45, 7) is 6.14. The van der Waals surface area contributed by atoms with Crippen molar-refractivity contribution in [3.63, 3.8) is 0 Å². The zero-order valence-corrected chi connectivity index (χ0v) is 13.6. The number of rotatable bonds is 2. The van der Waals surface area contributed by atoms with Crippen LogP contribution in [0, 0.1) is 5.92 Å². The van der Waals surface area contributed by atoms with Gasteiger partial charge in [0.1, 0.15) is 0 Å². The molecular weight excluding hydrogens is 316 g/mol. The minimum Gasteiger partial charge on any atom is -0.195 e. The molecule has 0 radical (unpaired) electrons. The molecular formula is C12H23BrN2O2S. The van der Waals surface area contributed by atoms with Crippen LogP contribution < -0.4 is 0 Å². The molecule has 2 aliphatic rings.